The highest BCUT2D eigenvalue weighted by Gasteiger charge is 2.24. The van der Waals surface area contributed by atoms with Crippen molar-refractivity contribution in [2.45, 2.75) is 63.3 Å². The fraction of sp³-hybridized carbons (Fsp3) is 0.611. The van der Waals surface area contributed by atoms with Crippen molar-refractivity contribution in [2.75, 3.05) is 13.1 Å². The number of carbonyl (C=O) groups is 1. The Hall–Kier alpha value is -1.11. The number of rotatable bonds is 6. The van der Waals surface area contributed by atoms with E-state index in [2.05, 4.69) is 5.32 Å². The maximum absolute atomic E-state index is 12.7. The number of halogens is 1. The smallest absolute Gasteiger partial charge is 0.253 e. The van der Waals surface area contributed by atoms with E-state index in [1.807, 2.05) is 0 Å². The van der Waals surface area contributed by atoms with Crippen LogP contribution in [0.4, 0.5) is 0 Å². The van der Waals surface area contributed by atoms with E-state index in [0.717, 1.165) is 25.7 Å². The Morgan fingerprint density at radius 1 is 1.16 bits per heavy atom. The van der Waals surface area contributed by atoms with Crippen LogP contribution in [0.2, 0.25) is 5.02 Å². The van der Waals surface area contributed by atoms with Gasteiger partial charge in [0.2, 0.25) is 10.0 Å². The number of carbonyl (C=O) groups excluding carboxylic acids is 1. The lowest BCUT2D eigenvalue weighted by Gasteiger charge is -2.20. The number of hydrogen-bond donors (Lipinski definition) is 1. The molecule has 0 aromatic heterocycles. The number of benzene rings is 1. The zero-order chi connectivity index (χ0) is 18.4. The van der Waals surface area contributed by atoms with E-state index in [-0.39, 0.29) is 27.4 Å². The van der Waals surface area contributed by atoms with Gasteiger partial charge in [0.15, 0.2) is 0 Å². The first-order valence-electron chi connectivity index (χ1n) is 9.00. The average Bonchev–Trinajstić information content (AvgIpc) is 2.84. The summed E-state index contributed by atoms with van der Waals surface area (Å²) in [6.45, 7) is 4.34. The molecule has 1 aromatic carbocycles. The maximum atomic E-state index is 12.7. The maximum Gasteiger partial charge on any atom is 0.253 e. The summed E-state index contributed by atoms with van der Waals surface area (Å²) in [5.41, 5.74) is 0.221. The van der Waals surface area contributed by atoms with Crippen molar-refractivity contribution in [2.24, 2.45) is 0 Å². The van der Waals surface area contributed by atoms with Crippen LogP contribution in [0, 0.1) is 0 Å². The van der Waals surface area contributed by atoms with E-state index in [9.17, 15) is 13.2 Å². The highest BCUT2D eigenvalue weighted by molar-refractivity contribution is 7.89. The fourth-order valence-electron chi connectivity index (χ4n) is 3.24. The van der Waals surface area contributed by atoms with E-state index >= 15 is 0 Å². The van der Waals surface area contributed by atoms with Gasteiger partial charge < -0.3 is 5.32 Å². The molecular formula is C18H27ClN2O3S. The molecule has 1 amide bonds. The van der Waals surface area contributed by atoms with Crippen LogP contribution in [0.15, 0.2) is 23.1 Å². The third-order valence-corrected chi connectivity index (χ3v) is 7.09. The summed E-state index contributed by atoms with van der Waals surface area (Å²) < 4.78 is 26.7. The lowest BCUT2D eigenvalue weighted by molar-refractivity contribution is 0.0933. The second-order valence-electron chi connectivity index (χ2n) is 6.39. The topological polar surface area (TPSA) is 66.5 Å². The van der Waals surface area contributed by atoms with Crippen molar-refractivity contribution >= 4 is 27.5 Å². The monoisotopic (exact) mass is 386 g/mol. The molecule has 2 rings (SSSR count). The van der Waals surface area contributed by atoms with Crippen molar-refractivity contribution in [3.63, 3.8) is 0 Å². The third kappa shape index (κ3) is 4.96. The van der Waals surface area contributed by atoms with Crippen LogP contribution < -0.4 is 5.32 Å². The predicted octanol–water partition coefficient (Wildman–Crippen LogP) is 3.82. The minimum Gasteiger partial charge on any atom is -0.349 e. The molecule has 7 heteroatoms. The number of sulfonamides is 1. The number of amides is 1. The summed E-state index contributed by atoms with van der Waals surface area (Å²) in [5, 5.41) is 3.29. The second kappa shape index (κ2) is 9.01. The van der Waals surface area contributed by atoms with Crippen molar-refractivity contribution in [1.82, 2.24) is 9.62 Å². The predicted molar refractivity (Wildman–Crippen MR) is 101 cm³/mol. The van der Waals surface area contributed by atoms with Crippen molar-refractivity contribution in [1.29, 1.82) is 0 Å². The van der Waals surface area contributed by atoms with E-state index in [1.165, 1.54) is 35.3 Å². The Labute approximate surface area is 155 Å². The summed E-state index contributed by atoms with van der Waals surface area (Å²) >= 11 is 6.17. The van der Waals surface area contributed by atoms with Gasteiger partial charge in [-0.3, -0.25) is 4.79 Å². The molecular weight excluding hydrogens is 360 g/mol. The molecule has 0 spiro atoms. The average molecular weight is 387 g/mol. The molecule has 0 heterocycles. The molecule has 1 aliphatic carbocycles. The third-order valence-electron chi connectivity index (χ3n) is 4.72. The molecule has 1 aromatic rings. The van der Waals surface area contributed by atoms with Crippen LogP contribution >= 0.6 is 11.6 Å². The van der Waals surface area contributed by atoms with Gasteiger partial charge in [0.1, 0.15) is 0 Å². The largest absolute Gasteiger partial charge is 0.349 e. The molecule has 1 fully saturated rings. The molecule has 0 aliphatic heterocycles. The molecule has 140 valence electrons. The van der Waals surface area contributed by atoms with Crippen LogP contribution in [0.3, 0.4) is 0 Å². The van der Waals surface area contributed by atoms with Gasteiger partial charge in [0.05, 0.1) is 15.5 Å². The Balaban J connectivity index is 2.24. The van der Waals surface area contributed by atoms with Crippen LogP contribution in [0.25, 0.3) is 0 Å². The first-order valence-corrected chi connectivity index (χ1v) is 10.8. The Morgan fingerprint density at radius 3 is 2.32 bits per heavy atom. The minimum absolute atomic E-state index is 0.103. The second-order valence-corrected chi connectivity index (χ2v) is 8.74. The van der Waals surface area contributed by atoms with Crippen LogP contribution in [-0.4, -0.2) is 37.8 Å². The molecule has 5 nitrogen and oxygen atoms in total. The van der Waals surface area contributed by atoms with Crippen molar-refractivity contribution < 1.29 is 13.2 Å². The fourth-order valence-corrected chi connectivity index (χ4v) is 4.93. The molecule has 1 saturated carbocycles. The molecule has 0 unspecified atom stereocenters. The van der Waals surface area contributed by atoms with Gasteiger partial charge >= 0.3 is 0 Å². The molecule has 25 heavy (non-hydrogen) atoms. The normalized spacial score (nSPS) is 16.6. The van der Waals surface area contributed by atoms with Crippen molar-refractivity contribution in [3.8, 4) is 0 Å². The SMILES string of the molecule is CCN(CC)S(=O)(=O)c1ccc(Cl)c(C(=O)NC2CCCCCC2)c1. The van der Waals surface area contributed by atoms with E-state index in [0.29, 0.717) is 13.1 Å². The van der Waals surface area contributed by atoms with E-state index in [1.54, 1.807) is 13.8 Å². The first-order chi connectivity index (χ1) is 11.9. The van der Waals surface area contributed by atoms with Gasteiger partial charge in [-0.25, -0.2) is 8.42 Å². The Bertz CT molecular complexity index is 694. The molecule has 0 atom stereocenters. The van der Waals surface area contributed by atoms with Gasteiger partial charge in [-0.1, -0.05) is 51.1 Å². The summed E-state index contributed by atoms with van der Waals surface area (Å²) in [4.78, 5) is 12.7. The standard InChI is InChI=1S/C18H27ClN2O3S/c1-3-21(4-2)25(23,24)15-11-12-17(19)16(13-15)18(22)20-14-9-7-5-6-8-10-14/h11-14H,3-10H2,1-2H3,(H,20,22). The highest BCUT2D eigenvalue weighted by atomic mass is 35.5. The van der Waals surface area contributed by atoms with Gasteiger partial charge in [-0.15, -0.1) is 0 Å². The number of hydrogen-bond acceptors (Lipinski definition) is 3. The van der Waals surface area contributed by atoms with Crippen LogP contribution in [0.1, 0.15) is 62.7 Å². The molecule has 1 N–H and O–H groups in total. The molecule has 0 saturated heterocycles. The number of nitrogens with zero attached hydrogens (tertiary/aromatic N) is 1. The van der Waals surface area contributed by atoms with Gasteiger partial charge in [0, 0.05) is 19.1 Å². The molecule has 0 radical (unpaired) electrons. The molecule has 1 aliphatic rings. The Kier molecular flexibility index (Phi) is 7.28. The molecule has 0 bridgehead atoms. The van der Waals surface area contributed by atoms with Gasteiger partial charge in [0.25, 0.3) is 5.91 Å². The zero-order valence-electron chi connectivity index (χ0n) is 14.9. The lowest BCUT2D eigenvalue weighted by Crippen LogP contribution is -2.35. The highest BCUT2D eigenvalue weighted by Crippen LogP contribution is 2.24. The van der Waals surface area contributed by atoms with Gasteiger partial charge in [-0.05, 0) is 31.0 Å². The summed E-state index contributed by atoms with van der Waals surface area (Å²) in [6.07, 6.45) is 6.53. The lowest BCUT2D eigenvalue weighted by atomic mass is 10.1. The Morgan fingerprint density at radius 2 is 1.76 bits per heavy atom. The zero-order valence-corrected chi connectivity index (χ0v) is 16.5. The van der Waals surface area contributed by atoms with E-state index in [4.69, 9.17) is 11.6 Å². The van der Waals surface area contributed by atoms with Crippen LogP contribution in [-0.2, 0) is 10.0 Å². The summed E-state index contributed by atoms with van der Waals surface area (Å²) in [6, 6.07) is 4.47. The summed E-state index contributed by atoms with van der Waals surface area (Å²) in [5.74, 6) is -0.298. The quantitative estimate of drug-likeness (QED) is 0.755. The summed E-state index contributed by atoms with van der Waals surface area (Å²) in [7, 11) is -3.62. The van der Waals surface area contributed by atoms with E-state index < -0.39 is 10.0 Å². The number of nitrogens with one attached hydrogen (secondary N) is 1. The first kappa shape index (κ1) is 20.2. The minimum atomic E-state index is -3.62. The van der Waals surface area contributed by atoms with Crippen molar-refractivity contribution in [3.05, 3.63) is 28.8 Å². The van der Waals surface area contributed by atoms with Gasteiger partial charge in [-0.2, -0.15) is 4.31 Å². The van der Waals surface area contributed by atoms with Crippen LogP contribution in [0.5, 0.6) is 0 Å².